The van der Waals surface area contributed by atoms with Crippen LogP contribution in [0.5, 0.6) is 0 Å². The molecule has 0 saturated carbocycles. The Morgan fingerprint density at radius 2 is 1.73 bits per heavy atom. The molecule has 2 aliphatic rings. The van der Waals surface area contributed by atoms with Gasteiger partial charge in [-0.1, -0.05) is 0 Å². The minimum absolute atomic E-state index is 0.0582. The van der Waals surface area contributed by atoms with Gasteiger partial charge in [-0.25, -0.2) is 8.42 Å². The van der Waals surface area contributed by atoms with Crippen molar-refractivity contribution in [2.45, 2.75) is 30.6 Å². The van der Waals surface area contributed by atoms with Crippen LogP contribution in [0.3, 0.4) is 0 Å². The molecule has 0 aliphatic carbocycles. The summed E-state index contributed by atoms with van der Waals surface area (Å²) in [5, 5.41) is 22.4. The molecule has 0 N–H and O–H groups in total. The maximum absolute atomic E-state index is 12.8. The fourth-order valence-electron chi connectivity index (χ4n) is 3.52. The first-order valence-corrected chi connectivity index (χ1v) is 9.99. The topological polar surface area (TPSA) is 124 Å². The van der Waals surface area contributed by atoms with Gasteiger partial charge in [0.15, 0.2) is 0 Å². The zero-order valence-electron chi connectivity index (χ0n) is 14.2. The van der Waals surface area contributed by atoms with E-state index in [-0.39, 0.29) is 36.5 Å². The third-order valence-electron chi connectivity index (χ3n) is 5.02. The Morgan fingerprint density at radius 3 is 2.27 bits per heavy atom. The van der Waals surface area contributed by atoms with Crippen LogP contribution in [0.1, 0.15) is 25.7 Å². The second-order valence-electron chi connectivity index (χ2n) is 6.60. The second kappa shape index (κ2) is 7.20. The number of benzene rings is 1. The van der Waals surface area contributed by atoms with Gasteiger partial charge in [0.05, 0.1) is 9.82 Å². The summed E-state index contributed by atoms with van der Waals surface area (Å²) >= 11 is 0. The molecule has 2 fully saturated rings. The van der Waals surface area contributed by atoms with Gasteiger partial charge in [-0.05, 0) is 37.8 Å². The molecule has 0 bridgehead atoms. The smallest absolute Gasteiger partial charge is 0.293 e. The van der Waals surface area contributed by atoms with E-state index in [1.165, 1.54) is 16.4 Å². The van der Waals surface area contributed by atoms with E-state index in [1.807, 2.05) is 4.90 Å². The predicted molar refractivity (Wildman–Crippen MR) is 91.0 cm³/mol. The number of carbonyl (C=O) groups is 1. The highest BCUT2D eigenvalue weighted by Crippen LogP contribution is 2.34. The maximum atomic E-state index is 12.8. The van der Waals surface area contributed by atoms with Gasteiger partial charge in [0, 0.05) is 44.1 Å². The van der Waals surface area contributed by atoms with E-state index in [0.29, 0.717) is 18.8 Å². The van der Waals surface area contributed by atoms with Crippen molar-refractivity contribution >= 4 is 27.4 Å². The summed E-state index contributed by atoms with van der Waals surface area (Å²) in [7, 11) is -3.91. The summed E-state index contributed by atoms with van der Waals surface area (Å²) in [6.45, 7) is 1.54. The summed E-state index contributed by atoms with van der Waals surface area (Å²) in [5.74, 6) is -1.83. The number of hydrogen-bond acceptors (Lipinski definition) is 7. The number of nitro benzene ring substituents is 1. The molecule has 142 valence electrons. The Hall–Kier alpha value is -2.20. The molecule has 0 radical (unpaired) electrons. The van der Waals surface area contributed by atoms with Gasteiger partial charge in [0.2, 0.25) is 10.0 Å². The zero-order chi connectivity index (χ0) is 18.9. The van der Waals surface area contributed by atoms with E-state index in [1.54, 1.807) is 0 Å². The van der Waals surface area contributed by atoms with Gasteiger partial charge in [-0.3, -0.25) is 10.1 Å². The SMILES string of the molecule is O=C([O-])C1CCN(S(=O)(=O)c2ccc(N3CCCC3)c([N+](=O)[O-])c2)CC1. The number of aliphatic carboxylic acids is 1. The molecule has 0 spiro atoms. The number of nitro groups is 1. The van der Waals surface area contributed by atoms with Crippen LogP contribution < -0.4 is 10.0 Å². The number of anilines is 1. The quantitative estimate of drug-likeness (QED) is 0.531. The van der Waals surface area contributed by atoms with Gasteiger partial charge in [0.25, 0.3) is 5.69 Å². The highest BCUT2D eigenvalue weighted by Gasteiger charge is 2.32. The van der Waals surface area contributed by atoms with E-state index in [9.17, 15) is 28.4 Å². The van der Waals surface area contributed by atoms with Gasteiger partial charge in [-0.15, -0.1) is 0 Å². The summed E-state index contributed by atoms with van der Waals surface area (Å²) in [5.41, 5.74) is 0.208. The number of rotatable bonds is 5. The van der Waals surface area contributed by atoms with E-state index in [4.69, 9.17) is 0 Å². The van der Waals surface area contributed by atoms with Crippen LogP contribution in [0.2, 0.25) is 0 Å². The van der Waals surface area contributed by atoms with Crippen molar-refractivity contribution in [1.82, 2.24) is 4.31 Å². The fraction of sp³-hybridized carbons (Fsp3) is 0.562. The van der Waals surface area contributed by atoms with Crippen molar-refractivity contribution in [3.8, 4) is 0 Å². The molecule has 0 amide bonds. The van der Waals surface area contributed by atoms with Crippen molar-refractivity contribution < 1.29 is 23.2 Å². The molecule has 2 saturated heterocycles. The van der Waals surface area contributed by atoms with Crippen LogP contribution in [0.15, 0.2) is 23.1 Å². The van der Waals surface area contributed by atoms with Gasteiger partial charge in [-0.2, -0.15) is 4.31 Å². The van der Waals surface area contributed by atoms with E-state index in [2.05, 4.69) is 0 Å². The van der Waals surface area contributed by atoms with Crippen LogP contribution in [0.25, 0.3) is 0 Å². The van der Waals surface area contributed by atoms with Crippen LogP contribution >= 0.6 is 0 Å². The van der Waals surface area contributed by atoms with Crippen molar-refractivity contribution in [3.63, 3.8) is 0 Å². The van der Waals surface area contributed by atoms with Crippen LogP contribution in [0, 0.1) is 16.0 Å². The monoisotopic (exact) mass is 382 g/mol. The molecular formula is C16H20N3O6S-. The van der Waals surface area contributed by atoms with E-state index in [0.717, 1.165) is 18.9 Å². The lowest BCUT2D eigenvalue weighted by Gasteiger charge is -2.31. The summed E-state index contributed by atoms with van der Waals surface area (Å²) in [6.07, 6.45) is 2.25. The Kier molecular flexibility index (Phi) is 5.15. The number of hydrogen-bond donors (Lipinski definition) is 0. The van der Waals surface area contributed by atoms with Crippen molar-refractivity contribution in [1.29, 1.82) is 0 Å². The molecule has 0 atom stereocenters. The second-order valence-corrected chi connectivity index (χ2v) is 8.54. The third kappa shape index (κ3) is 3.51. The maximum Gasteiger partial charge on any atom is 0.293 e. The number of sulfonamides is 1. The Balaban J connectivity index is 1.87. The standard InChI is InChI=1S/C16H21N3O6S/c20-16(21)12-5-9-18(10-6-12)26(24,25)13-3-4-14(15(11-13)19(22)23)17-7-1-2-8-17/h3-4,11-12H,1-2,5-10H2,(H,20,21)/p-1. The third-order valence-corrected chi connectivity index (χ3v) is 6.91. The molecule has 2 aliphatic heterocycles. The minimum atomic E-state index is -3.91. The molecule has 3 rings (SSSR count). The summed E-state index contributed by atoms with van der Waals surface area (Å²) in [4.78, 5) is 23.5. The highest BCUT2D eigenvalue weighted by atomic mass is 32.2. The lowest BCUT2D eigenvalue weighted by Crippen LogP contribution is -2.43. The van der Waals surface area contributed by atoms with Crippen LogP contribution in [-0.2, 0) is 14.8 Å². The molecule has 26 heavy (non-hydrogen) atoms. The highest BCUT2D eigenvalue weighted by molar-refractivity contribution is 7.89. The Bertz CT molecular complexity index is 811. The Morgan fingerprint density at radius 1 is 1.12 bits per heavy atom. The van der Waals surface area contributed by atoms with Gasteiger partial charge in [0.1, 0.15) is 5.69 Å². The number of piperidine rings is 1. The first-order valence-electron chi connectivity index (χ1n) is 8.55. The predicted octanol–water partition coefficient (Wildman–Crippen LogP) is 0.346. The van der Waals surface area contributed by atoms with Crippen LogP contribution in [0.4, 0.5) is 11.4 Å². The van der Waals surface area contributed by atoms with Crippen molar-refractivity contribution in [2.24, 2.45) is 5.92 Å². The molecule has 1 aromatic rings. The average molecular weight is 382 g/mol. The van der Waals surface area contributed by atoms with Crippen molar-refractivity contribution in [3.05, 3.63) is 28.3 Å². The lowest BCUT2D eigenvalue weighted by molar-refractivity contribution is -0.384. The van der Waals surface area contributed by atoms with Gasteiger partial charge < -0.3 is 14.8 Å². The number of carboxylic acids is 1. The zero-order valence-corrected chi connectivity index (χ0v) is 15.0. The number of carbonyl (C=O) groups excluding carboxylic acids is 1. The lowest BCUT2D eigenvalue weighted by atomic mass is 9.99. The van der Waals surface area contributed by atoms with Gasteiger partial charge >= 0.3 is 0 Å². The molecule has 2 heterocycles. The first-order chi connectivity index (χ1) is 12.3. The van der Waals surface area contributed by atoms with Crippen molar-refractivity contribution in [2.75, 3.05) is 31.1 Å². The summed E-state index contributed by atoms with van der Waals surface area (Å²) < 4.78 is 26.8. The number of nitrogens with zero attached hydrogens (tertiary/aromatic N) is 3. The Labute approximate surface area is 151 Å². The van der Waals surface area contributed by atoms with E-state index < -0.39 is 26.8 Å². The molecule has 9 nitrogen and oxygen atoms in total. The average Bonchev–Trinajstić information content (AvgIpc) is 3.15. The molecule has 1 aromatic carbocycles. The molecule has 10 heteroatoms. The normalized spacial score (nSPS) is 19.6. The molecule has 0 aromatic heterocycles. The number of carboxylic acid groups (broad SMARTS) is 1. The largest absolute Gasteiger partial charge is 0.550 e. The fourth-order valence-corrected chi connectivity index (χ4v) is 5.01. The molecule has 0 unspecified atom stereocenters. The van der Waals surface area contributed by atoms with E-state index >= 15 is 0 Å². The first kappa shape index (κ1) is 18.6. The minimum Gasteiger partial charge on any atom is -0.550 e. The molecular weight excluding hydrogens is 362 g/mol. The summed E-state index contributed by atoms with van der Waals surface area (Å²) in [6, 6.07) is 3.99. The van der Waals surface area contributed by atoms with Crippen LogP contribution in [-0.4, -0.2) is 49.8 Å².